The number of carbonyl (C=O) groups is 1. The van der Waals surface area contributed by atoms with Crippen molar-refractivity contribution in [3.8, 4) is 0 Å². The smallest absolute Gasteiger partial charge is 0.258 e. The van der Waals surface area contributed by atoms with Gasteiger partial charge in [0.25, 0.3) is 5.91 Å². The molecule has 6 heteroatoms. The number of nitrogens with one attached hydrogen (secondary N) is 1. The second kappa shape index (κ2) is 7.47. The third-order valence-electron chi connectivity index (χ3n) is 3.92. The number of thiazole rings is 1. The van der Waals surface area contributed by atoms with Crippen molar-refractivity contribution in [2.45, 2.75) is 31.2 Å². The summed E-state index contributed by atoms with van der Waals surface area (Å²) in [5, 5.41) is 3.69. The molecule has 1 aromatic carbocycles. The van der Waals surface area contributed by atoms with E-state index in [0.29, 0.717) is 10.7 Å². The predicted octanol–water partition coefficient (Wildman–Crippen LogP) is 3.89. The van der Waals surface area contributed by atoms with Crippen LogP contribution in [0.25, 0.3) is 0 Å². The Morgan fingerprint density at radius 3 is 3.04 bits per heavy atom. The van der Waals surface area contributed by atoms with Crippen LogP contribution >= 0.6 is 23.1 Å². The van der Waals surface area contributed by atoms with E-state index in [4.69, 9.17) is 0 Å². The lowest BCUT2D eigenvalue weighted by Crippen LogP contribution is -2.30. The number of aromatic nitrogens is 1. The molecule has 4 nitrogen and oxygen atoms in total. The fraction of sp³-hybridized carbons (Fsp3) is 0.412. The highest BCUT2D eigenvalue weighted by molar-refractivity contribution is 7.98. The summed E-state index contributed by atoms with van der Waals surface area (Å²) < 4.78 is 0. The molecule has 0 fully saturated rings. The molecule has 122 valence electrons. The number of anilines is 1. The normalized spacial score (nSPS) is 14.5. The molecule has 3 rings (SSSR count). The molecule has 0 radical (unpaired) electrons. The van der Waals surface area contributed by atoms with Gasteiger partial charge < -0.3 is 0 Å². The zero-order valence-electron chi connectivity index (χ0n) is 13.5. The summed E-state index contributed by atoms with van der Waals surface area (Å²) in [4.78, 5) is 21.9. The highest BCUT2D eigenvalue weighted by atomic mass is 32.2. The summed E-state index contributed by atoms with van der Waals surface area (Å²) in [6.45, 7) is 5.35. The lowest BCUT2D eigenvalue weighted by atomic mass is 10.2. The molecule has 0 saturated carbocycles. The monoisotopic (exact) mass is 347 g/mol. The average molecular weight is 348 g/mol. The van der Waals surface area contributed by atoms with Gasteiger partial charge in [-0.15, -0.1) is 23.1 Å². The number of hydrogen-bond acceptors (Lipinski definition) is 5. The van der Waals surface area contributed by atoms with E-state index in [1.54, 1.807) is 23.1 Å². The van der Waals surface area contributed by atoms with Crippen molar-refractivity contribution in [1.29, 1.82) is 0 Å². The van der Waals surface area contributed by atoms with E-state index >= 15 is 0 Å². The van der Waals surface area contributed by atoms with E-state index in [1.807, 2.05) is 30.5 Å². The van der Waals surface area contributed by atoms with E-state index in [9.17, 15) is 4.79 Å². The van der Waals surface area contributed by atoms with Crippen molar-refractivity contribution in [1.82, 2.24) is 9.88 Å². The molecule has 1 aliphatic rings. The van der Waals surface area contributed by atoms with Gasteiger partial charge in [0.05, 0.1) is 11.3 Å². The fourth-order valence-corrected chi connectivity index (χ4v) is 4.45. The highest BCUT2D eigenvalue weighted by Gasteiger charge is 2.21. The molecule has 23 heavy (non-hydrogen) atoms. The Hall–Kier alpha value is -1.37. The van der Waals surface area contributed by atoms with Gasteiger partial charge in [0, 0.05) is 29.3 Å². The molecule has 0 spiro atoms. The van der Waals surface area contributed by atoms with Crippen molar-refractivity contribution in [3.63, 3.8) is 0 Å². The second-order valence-electron chi connectivity index (χ2n) is 5.57. The van der Waals surface area contributed by atoms with Crippen LogP contribution in [0.5, 0.6) is 0 Å². The van der Waals surface area contributed by atoms with E-state index < -0.39 is 0 Å². The molecule has 0 bridgehead atoms. The molecule has 1 aromatic heterocycles. The van der Waals surface area contributed by atoms with Crippen LogP contribution in [-0.2, 0) is 13.0 Å². The summed E-state index contributed by atoms with van der Waals surface area (Å²) in [5.41, 5.74) is 1.86. The first-order valence-corrected chi connectivity index (χ1v) is 9.90. The minimum absolute atomic E-state index is 0.0774. The predicted molar refractivity (Wildman–Crippen MR) is 97.6 cm³/mol. The van der Waals surface area contributed by atoms with Gasteiger partial charge in [0.15, 0.2) is 5.13 Å². The topological polar surface area (TPSA) is 45.2 Å². The van der Waals surface area contributed by atoms with Gasteiger partial charge in [-0.1, -0.05) is 19.1 Å². The minimum atomic E-state index is -0.0774. The maximum Gasteiger partial charge on any atom is 0.258 e. The molecule has 1 aliphatic heterocycles. The van der Waals surface area contributed by atoms with Crippen LogP contribution in [0, 0.1) is 0 Å². The molecular formula is C17H21N3OS2. The fourth-order valence-electron chi connectivity index (χ4n) is 2.81. The van der Waals surface area contributed by atoms with Gasteiger partial charge >= 0.3 is 0 Å². The number of hydrogen-bond donors (Lipinski definition) is 1. The van der Waals surface area contributed by atoms with E-state index in [1.165, 1.54) is 11.3 Å². The second-order valence-corrected chi connectivity index (χ2v) is 7.50. The zero-order chi connectivity index (χ0) is 16.2. The number of carbonyl (C=O) groups excluding carboxylic acids is 1. The Balaban J connectivity index is 1.73. The number of nitrogens with zero attached hydrogens (tertiary/aromatic N) is 2. The number of rotatable bonds is 5. The van der Waals surface area contributed by atoms with Crippen LogP contribution in [0.1, 0.15) is 34.3 Å². The summed E-state index contributed by atoms with van der Waals surface area (Å²) >= 11 is 3.19. The Labute approximate surface area is 145 Å². The number of thioether (sulfide) groups is 1. The van der Waals surface area contributed by atoms with Gasteiger partial charge in [-0.2, -0.15) is 0 Å². The molecule has 0 saturated heterocycles. The van der Waals surface area contributed by atoms with E-state index in [2.05, 4.69) is 22.1 Å². The van der Waals surface area contributed by atoms with E-state index in [-0.39, 0.29) is 5.91 Å². The van der Waals surface area contributed by atoms with Crippen molar-refractivity contribution in [3.05, 3.63) is 40.4 Å². The van der Waals surface area contributed by atoms with Crippen LogP contribution in [0.3, 0.4) is 0 Å². The molecule has 0 aliphatic carbocycles. The van der Waals surface area contributed by atoms with Crippen LogP contribution in [0.15, 0.2) is 29.2 Å². The Morgan fingerprint density at radius 2 is 2.26 bits per heavy atom. The van der Waals surface area contributed by atoms with Crippen LogP contribution in [-0.4, -0.2) is 35.1 Å². The molecule has 1 N–H and O–H groups in total. The van der Waals surface area contributed by atoms with Crippen LogP contribution in [0.4, 0.5) is 5.13 Å². The summed E-state index contributed by atoms with van der Waals surface area (Å²) in [7, 11) is 0. The molecule has 0 atom stereocenters. The SMILES string of the molecule is CCCN1CCc2nc(NC(=O)c3ccccc3SC)sc2C1. The lowest BCUT2D eigenvalue weighted by molar-refractivity contribution is 0.102. The van der Waals surface area contributed by atoms with Gasteiger partial charge in [0.2, 0.25) is 0 Å². The molecule has 2 aromatic rings. The number of amides is 1. The first kappa shape index (κ1) is 16.5. The standard InChI is InChI=1S/C17H21N3OS2/c1-3-9-20-10-8-13-15(11-20)23-17(18-13)19-16(21)12-6-4-5-7-14(12)22-2/h4-7H,3,8-11H2,1-2H3,(H,18,19,21). The third-order valence-corrected chi connectivity index (χ3v) is 5.72. The summed E-state index contributed by atoms with van der Waals surface area (Å²) in [6, 6.07) is 7.67. The van der Waals surface area contributed by atoms with Gasteiger partial charge in [-0.3, -0.25) is 15.0 Å². The highest BCUT2D eigenvalue weighted by Crippen LogP contribution is 2.29. The van der Waals surface area contributed by atoms with Crippen LogP contribution in [0.2, 0.25) is 0 Å². The van der Waals surface area contributed by atoms with Crippen molar-refractivity contribution in [2.24, 2.45) is 0 Å². The Kier molecular flexibility index (Phi) is 5.35. The Bertz CT molecular complexity index is 699. The quantitative estimate of drug-likeness (QED) is 0.834. The maximum absolute atomic E-state index is 12.5. The van der Waals surface area contributed by atoms with Gasteiger partial charge in [0.1, 0.15) is 0 Å². The minimum Gasteiger partial charge on any atom is -0.298 e. The maximum atomic E-state index is 12.5. The zero-order valence-corrected chi connectivity index (χ0v) is 15.1. The molecule has 1 amide bonds. The molecule has 0 unspecified atom stereocenters. The number of benzene rings is 1. The Morgan fingerprint density at radius 1 is 1.43 bits per heavy atom. The first-order chi connectivity index (χ1) is 11.2. The van der Waals surface area contributed by atoms with Crippen molar-refractivity contribution >= 4 is 34.1 Å². The van der Waals surface area contributed by atoms with Crippen molar-refractivity contribution in [2.75, 3.05) is 24.7 Å². The van der Waals surface area contributed by atoms with Crippen molar-refractivity contribution < 1.29 is 4.79 Å². The summed E-state index contributed by atoms with van der Waals surface area (Å²) in [5.74, 6) is -0.0774. The third kappa shape index (κ3) is 3.76. The molecule has 2 heterocycles. The van der Waals surface area contributed by atoms with Gasteiger partial charge in [-0.05, 0) is 31.4 Å². The van der Waals surface area contributed by atoms with E-state index in [0.717, 1.165) is 36.6 Å². The molecular weight excluding hydrogens is 326 g/mol. The number of fused-ring (bicyclic) bond motifs is 1. The first-order valence-electron chi connectivity index (χ1n) is 7.86. The van der Waals surface area contributed by atoms with Crippen LogP contribution < -0.4 is 5.32 Å². The largest absolute Gasteiger partial charge is 0.298 e. The summed E-state index contributed by atoms with van der Waals surface area (Å²) in [6.07, 6.45) is 4.13. The lowest BCUT2D eigenvalue weighted by Gasteiger charge is -2.24. The average Bonchev–Trinajstić information content (AvgIpc) is 2.96. The van der Waals surface area contributed by atoms with Gasteiger partial charge in [-0.25, -0.2) is 4.98 Å².